The summed E-state index contributed by atoms with van der Waals surface area (Å²) in [4.78, 5) is 12.1. The van der Waals surface area contributed by atoms with E-state index < -0.39 is 0 Å². The molecule has 4 heteroatoms. The third kappa shape index (κ3) is 3.14. The van der Waals surface area contributed by atoms with E-state index >= 15 is 0 Å². The quantitative estimate of drug-likeness (QED) is 0.723. The molecule has 18 heavy (non-hydrogen) atoms. The minimum Gasteiger partial charge on any atom is -0.294 e. The number of hydrogen-bond donors (Lipinski definition) is 0. The molecule has 0 aliphatic rings. The van der Waals surface area contributed by atoms with Gasteiger partial charge in [0.2, 0.25) is 0 Å². The van der Waals surface area contributed by atoms with E-state index in [2.05, 4.69) is 6.92 Å². The number of carbonyl (C=O) groups excluding carboxylic acids is 1. The molecule has 0 saturated carbocycles. The summed E-state index contributed by atoms with van der Waals surface area (Å²) in [6, 6.07) is 9.70. The number of halogens is 2. The summed E-state index contributed by atoms with van der Waals surface area (Å²) < 4.78 is 1.01. The van der Waals surface area contributed by atoms with Gasteiger partial charge >= 0.3 is 0 Å². The zero-order chi connectivity index (χ0) is 13.1. The highest BCUT2D eigenvalue weighted by Crippen LogP contribution is 2.31. The van der Waals surface area contributed by atoms with E-state index in [4.69, 9.17) is 23.2 Å². The first kappa shape index (κ1) is 13.6. The molecule has 2 rings (SSSR count). The second-order valence-electron chi connectivity index (χ2n) is 4.01. The van der Waals surface area contributed by atoms with Gasteiger partial charge in [-0.05, 0) is 23.6 Å². The Kier molecular flexibility index (Phi) is 4.44. The van der Waals surface area contributed by atoms with Crippen LogP contribution in [0.2, 0.25) is 8.67 Å². The number of carbonyl (C=O) groups is 1. The predicted octanol–water partition coefficient (Wildman–Crippen LogP) is 5.04. The monoisotopic (exact) mass is 298 g/mol. The lowest BCUT2D eigenvalue weighted by Crippen LogP contribution is -2.02. The van der Waals surface area contributed by atoms with Crippen LogP contribution in [-0.4, -0.2) is 5.78 Å². The SMILES string of the molecule is CCc1ccc(CC(=O)c2cc(Cl)sc2Cl)cc1. The van der Waals surface area contributed by atoms with Gasteiger partial charge in [-0.1, -0.05) is 54.4 Å². The second kappa shape index (κ2) is 5.87. The molecule has 0 amide bonds. The van der Waals surface area contributed by atoms with Crippen LogP contribution in [0.5, 0.6) is 0 Å². The van der Waals surface area contributed by atoms with Crippen LogP contribution in [0.1, 0.15) is 28.4 Å². The average Bonchev–Trinajstić information content (AvgIpc) is 2.69. The van der Waals surface area contributed by atoms with Crippen LogP contribution in [0, 0.1) is 0 Å². The molecule has 0 unspecified atom stereocenters. The topological polar surface area (TPSA) is 17.1 Å². The lowest BCUT2D eigenvalue weighted by Gasteiger charge is -2.02. The van der Waals surface area contributed by atoms with E-state index in [-0.39, 0.29) is 5.78 Å². The van der Waals surface area contributed by atoms with E-state index in [9.17, 15) is 4.79 Å². The van der Waals surface area contributed by atoms with Gasteiger partial charge < -0.3 is 0 Å². The first-order valence-electron chi connectivity index (χ1n) is 5.66. The van der Waals surface area contributed by atoms with E-state index in [1.54, 1.807) is 6.07 Å². The number of thiophene rings is 1. The van der Waals surface area contributed by atoms with Crippen molar-refractivity contribution in [2.45, 2.75) is 19.8 Å². The van der Waals surface area contributed by atoms with Crippen molar-refractivity contribution >= 4 is 40.3 Å². The maximum absolute atomic E-state index is 12.1. The van der Waals surface area contributed by atoms with Gasteiger partial charge in [-0.25, -0.2) is 0 Å². The fourth-order valence-corrected chi connectivity index (χ4v) is 3.20. The van der Waals surface area contributed by atoms with Crippen LogP contribution < -0.4 is 0 Å². The Morgan fingerprint density at radius 3 is 2.28 bits per heavy atom. The Morgan fingerprint density at radius 2 is 1.78 bits per heavy atom. The Labute approximate surface area is 120 Å². The number of ketones is 1. The van der Waals surface area contributed by atoms with Crippen molar-refractivity contribution in [3.8, 4) is 0 Å². The number of aryl methyl sites for hydroxylation is 1. The second-order valence-corrected chi connectivity index (χ2v) is 6.29. The third-order valence-corrected chi connectivity index (χ3v) is 4.24. The van der Waals surface area contributed by atoms with Crippen LogP contribution in [0.3, 0.4) is 0 Å². The van der Waals surface area contributed by atoms with E-state index in [1.807, 2.05) is 24.3 Å². The minimum atomic E-state index is 0.00685. The maximum Gasteiger partial charge on any atom is 0.169 e. The molecular formula is C14H12Cl2OS. The molecule has 0 saturated heterocycles. The van der Waals surface area contributed by atoms with Crippen LogP contribution in [0.4, 0.5) is 0 Å². The number of Topliss-reactive ketones (excluding diaryl/α,β-unsaturated/α-hetero) is 1. The summed E-state index contributed by atoms with van der Waals surface area (Å²) in [6.45, 7) is 2.10. The van der Waals surface area contributed by atoms with Crippen LogP contribution in [-0.2, 0) is 12.8 Å². The van der Waals surface area contributed by atoms with Crippen molar-refractivity contribution in [1.29, 1.82) is 0 Å². The van der Waals surface area contributed by atoms with E-state index in [1.165, 1.54) is 16.9 Å². The average molecular weight is 299 g/mol. The fraction of sp³-hybridized carbons (Fsp3) is 0.214. The standard InChI is InChI=1S/C14H12Cl2OS/c1-2-9-3-5-10(6-4-9)7-12(17)11-8-13(15)18-14(11)16/h3-6,8H,2,7H2,1H3. The molecule has 0 atom stereocenters. The van der Waals surface area contributed by atoms with Crippen molar-refractivity contribution in [2.75, 3.05) is 0 Å². The molecule has 0 radical (unpaired) electrons. The van der Waals surface area contributed by atoms with Gasteiger partial charge in [-0.15, -0.1) is 11.3 Å². The molecule has 2 aromatic rings. The summed E-state index contributed by atoms with van der Waals surface area (Å²) in [6.07, 6.45) is 1.36. The van der Waals surface area contributed by atoms with Crippen molar-refractivity contribution < 1.29 is 4.79 Å². The Hall–Kier alpha value is -0.830. The molecule has 0 fully saturated rings. The normalized spacial score (nSPS) is 10.6. The molecule has 0 aliphatic carbocycles. The van der Waals surface area contributed by atoms with Crippen molar-refractivity contribution in [1.82, 2.24) is 0 Å². The van der Waals surface area contributed by atoms with Crippen molar-refractivity contribution in [3.05, 3.63) is 55.7 Å². The highest BCUT2D eigenvalue weighted by atomic mass is 35.5. The number of hydrogen-bond acceptors (Lipinski definition) is 2. The van der Waals surface area contributed by atoms with Crippen molar-refractivity contribution in [3.63, 3.8) is 0 Å². The summed E-state index contributed by atoms with van der Waals surface area (Å²) >= 11 is 13.0. The fourth-order valence-electron chi connectivity index (χ4n) is 1.70. The van der Waals surface area contributed by atoms with Crippen LogP contribution in [0.15, 0.2) is 30.3 Å². The molecule has 0 N–H and O–H groups in total. The van der Waals surface area contributed by atoms with Gasteiger partial charge in [-0.2, -0.15) is 0 Å². The van der Waals surface area contributed by atoms with Gasteiger partial charge in [0.1, 0.15) is 4.34 Å². The lowest BCUT2D eigenvalue weighted by atomic mass is 10.0. The highest BCUT2D eigenvalue weighted by molar-refractivity contribution is 7.20. The van der Waals surface area contributed by atoms with Gasteiger partial charge in [0.25, 0.3) is 0 Å². The molecule has 1 aromatic heterocycles. The zero-order valence-electron chi connectivity index (χ0n) is 9.87. The predicted molar refractivity (Wildman–Crippen MR) is 78.2 cm³/mol. The molecule has 0 spiro atoms. The molecule has 0 bridgehead atoms. The molecule has 1 aromatic carbocycles. The number of rotatable bonds is 4. The zero-order valence-corrected chi connectivity index (χ0v) is 12.2. The largest absolute Gasteiger partial charge is 0.294 e. The molecule has 1 heterocycles. The van der Waals surface area contributed by atoms with E-state index in [0.29, 0.717) is 20.7 Å². The van der Waals surface area contributed by atoms with Gasteiger partial charge in [0.05, 0.1) is 4.34 Å². The van der Waals surface area contributed by atoms with E-state index in [0.717, 1.165) is 12.0 Å². The van der Waals surface area contributed by atoms with Crippen LogP contribution >= 0.6 is 34.5 Å². The summed E-state index contributed by atoms with van der Waals surface area (Å²) in [5, 5.41) is 0. The van der Waals surface area contributed by atoms with Crippen molar-refractivity contribution in [2.24, 2.45) is 0 Å². The minimum absolute atomic E-state index is 0.00685. The molecule has 0 aliphatic heterocycles. The lowest BCUT2D eigenvalue weighted by molar-refractivity contribution is 0.0993. The summed E-state index contributed by atoms with van der Waals surface area (Å²) in [7, 11) is 0. The highest BCUT2D eigenvalue weighted by Gasteiger charge is 2.14. The smallest absolute Gasteiger partial charge is 0.169 e. The third-order valence-electron chi connectivity index (χ3n) is 2.75. The Balaban J connectivity index is 2.13. The Bertz CT molecular complexity index is 558. The molecule has 1 nitrogen and oxygen atoms in total. The molecule has 94 valence electrons. The first-order chi connectivity index (χ1) is 8.60. The Morgan fingerprint density at radius 1 is 1.17 bits per heavy atom. The maximum atomic E-state index is 12.1. The van der Waals surface area contributed by atoms with Gasteiger partial charge in [0, 0.05) is 12.0 Å². The summed E-state index contributed by atoms with van der Waals surface area (Å²) in [5.74, 6) is 0.00685. The number of benzene rings is 1. The summed E-state index contributed by atoms with van der Waals surface area (Å²) in [5.41, 5.74) is 2.78. The van der Waals surface area contributed by atoms with Crippen LogP contribution in [0.25, 0.3) is 0 Å². The van der Waals surface area contributed by atoms with Gasteiger partial charge in [0.15, 0.2) is 5.78 Å². The first-order valence-corrected chi connectivity index (χ1v) is 7.23. The molecular weight excluding hydrogens is 287 g/mol. The van der Waals surface area contributed by atoms with Gasteiger partial charge in [-0.3, -0.25) is 4.79 Å².